The average Bonchev–Trinajstić information content (AvgIpc) is 2.26. The Bertz CT molecular complexity index is 396. The molecule has 2 atom stereocenters. The zero-order valence-corrected chi connectivity index (χ0v) is 10.1. The van der Waals surface area contributed by atoms with E-state index in [4.69, 9.17) is 17.3 Å². The van der Waals surface area contributed by atoms with Gasteiger partial charge in [0.1, 0.15) is 0 Å². The predicted molar refractivity (Wildman–Crippen MR) is 64.8 cm³/mol. The van der Waals surface area contributed by atoms with Crippen molar-refractivity contribution in [3.63, 3.8) is 0 Å². The highest BCUT2D eigenvalue weighted by Gasteiger charge is 2.22. The minimum absolute atomic E-state index is 0.0453. The molecule has 5 heteroatoms. The van der Waals surface area contributed by atoms with Gasteiger partial charge < -0.3 is 5.73 Å². The second-order valence-corrected chi connectivity index (χ2v) is 4.26. The highest BCUT2D eigenvalue weighted by molar-refractivity contribution is 6.30. The van der Waals surface area contributed by atoms with Gasteiger partial charge in [0.05, 0.1) is 4.92 Å². The van der Waals surface area contributed by atoms with Gasteiger partial charge in [0.25, 0.3) is 5.69 Å². The van der Waals surface area contributed by atoms with Crippen LogP contribution in [0.2, 0.25) is 5.02 Å². The van der Waals surface area contributed by atoms with Crippen LogP contribution < -0.4 is 5.73 Å². The Labute approximate surface area is 99.6 Å². The highest BCUT2D eigenvalue weighted by atomic mass is 35.5. The van der Waals surface area contributed by atoms with Crippen LogP contribution in [-0.2, 0) is 0 Å². The molecule has 0 aliphatic carbocycles. The Morgan fingerprint density at radius 1 is 1.56 bits per heavy atom. The zero-order valence-electron chi connectivity index (χ0n) is 9.31. The van der Waals surface area contributed by atoms with Crippen LogP contribution in [0.1, 0.15) is 31.7 Å². The van der Waals surface area contributed by atoms with E-state index < -0.39 is 4.92 Å². The summed E-state index contributed by atoms with van der Waals surface area (Å²) in [5, 5.41) is 11.3. The van der Waals surface area contributed by atoms with Gasteiger partial charge >= 0.3 is 0 Å². The lowest BCUT2D eigenvalue weighted by Gasteiger charge is -2.18. The first-order valence-electron chi connectivity index (χ1n) is 5.16. The van der Waals surface area contributed by atoms with Gasteiger partial charge in [-0.2, -0.15) is 0 Å². The molecule has 1 aromatic rings. The molecule has 1 aromatic carbocycles. The van der Waals surface area contributed by atoms with Crippen LogP contribution in [0.5, 0.6) is 0 Å². The van der Waals surface area contributed by atoms with Crippen molar-refractivity contribution in [2.24, 2.45) is 5.73 Å². The molecular weight excluding hydrogens is 228 g/mol. The highest BCUT2D eigenvalue weighted by Crippen LogP contribution is 2.31. The molecule has 4 nitrogen and oxygen atoms in total. The fraction of sp³-hybridized carbons (Fsp3) is 0.455. The molecule has 0 heterocycles. The maximum absolute atomic E-state index is 10.9. The van der Waals surface area contributed by atoms with Crippen LogP contribution >= 0.6 is 11.6 Å². The summed E-state index contributed by atoms with van der Waals surface area (Å²) in [4.78, 5) is 10.5. The number of benzene rings is 1. The van der Waals surface area contributed by atoms with Gasteiger partial charge in [-0.15, -0.1) is 0 Å². The van der Waals surface area contributed by atoms with Crippen LogP contribution in [-0.4, -0.2) is 11.0 Å². The van der Waals surface area contributed by atoms with E-state index in [-0.39, 0.29) is 17.6 Å². The van der Waals surface area contributed by atoms with Gasteiger partial charge in [-0.25, -0.2) is 0 Å². The third-order valence-electron chi connectivity index (χ3n) is 2.79. The lowest BCUT2D eigenvalue weighted by molar-refractivity contribution is -0.385. The molecule has 0 aliphatic heterocycles. The SMILES string of the molecule is CCC(N)C(C)c1ccc(Cl)cc1[N+](=O)[O-]. The van der Waals surface area contributed by atoms with Crippen LogP contribution in [0.3, 0.4) is 0 Å². The number of rotatable bonds is 4. The number of nitrogens with two attached hydrogens (primary N) is 1. The molecule has 0 aromatic heterocycles. The second-order valence-electron chi connectivity index (χ2n) is 3.82. The Morgan fingerprint density at radius 2 is 2.19 bits per heavy atom. The van der Waals surface area contributed by atoms with E-state index in [2.05, 4.69) is 0 Å². The minimum atomic E-state index is -0.417. The van der Waals surface area contributed by atoms with Gasteiger partial charge in [0, 0.05) is 28.6 Å². The minimum Gasteiger partial charge on any atom is -0.327 e. The van der Waals surface area contributed by atoms with Crippen molar-refractivity contribution in [1.29, 1.82) is 0 Å². The molecular formula is C11H15ClN2O2. The van der Waals surface area contributed by atoms with E-state index in [9.17, 15) is 10.1 Å². The summed E-state index contributed by atoms with van der Waals surface area (Å²) in [6, 6.07) is 4.62. The van der Waals surface area contributed by atoms with Crippen LogP contribution in [0.4, 0.5) is 5.69 Å². The van der Waals surface area contributed by atoms with E-state index in [0.717, 1.165) is 6.42 Å². The van der Waals surface area contributed by atoms with Crippen molar-refractivity contribution in [3.05, 3.63) is 38.9 Å². The maximum Gasteiger partial charge on any atom is 0.274 e. The molecule has 2 N–H and O–H groups in total. The zero-order chi connectivity index (χ0) is 12.3. The largest absolute Gasteiger partial charge is 0.327 e. The Kier molecular flexibility index (Phi) is 4.26. The van der Waals surface area contributed by atoms with Crippen LogP contribution in [0, 0.1) is 10.1 Å². The number of halogens is 1. The van der Waals surface area contributed by atoms with Gasteiger partial charge in [0.2, 0.25) is 0 Å². The molecule has 0 saturated carbocycles. The van der Waals surface area contributed by atoms with Crippen molar-refractivity contribution < 1.29 is 4.92 Å². The number of nitrogens with zero attached hydrogens (tertiary/aromatic N) is 1. The lowest BCUT2D eigenvalue weighted by atomic mass is 9.91. The normalized spacial score (nSPS) is 14.5. The van der Waals surface area contributed by atoms with E-state index in [0.29, 0.717) is 10.6 Å². The lowest BCUT2D eigenvalue weighted by Crippen LogP contribution is -2.26. The summed E-state index contributed by atoms with van der Waals surface area (Å²) < 4.78 is 0. The van der Waals surface area contributed by atoms with Gasteiger partial charge in [-0.1, -0.05) is 31.5 Å². The fourth-order valence-electron chi connectivity index (χ4n) is 1.64. The molecule has 16 heavy (non-hydrogen) atoms. The monoisotopic (exact) mass is 242 g/mol. The van der Waals surface area contributed by atoms with Crippen LogP contribution in [0.25, 0.3) is 0 Å². The molecule has 0 bridgehead atoms. The van der Waals surface area contributed by atoms with Gasteiger partial charge in [-0.05, 0) is 12.5 Å². The number of nitro benzene ring substituents is 1. The van der Waals surface area contributed by atoms with Crippen molar-refractivity contribution >= 4 is 17.3 Å². The topological polar surface area (TPSA) is 69.2 Å². The fourth-order valence-corrected chi connectivity index (χ4v) is 1.81. The summed E-state index contributed by atoms with van der Waals surface area (Å²) in [6.45, 7) is 3.85. The summed E-state index contributed by atoms with van der Waals surface area (Å²) in [5.74, 6) is -0.0531. The summed E-state index contributed by atoms with van der Waals surface area (Å²) in [6.07, 6.45) is 0.779. The van der Waals surface area contributed by atoms with Crippen molar-refractivity contribution in [2.75, 3.05) is 0 Å². The quantitative estimate of drug-likeness (QED) is 0.652. The first-order valence-corrected chi connectivity index (χ1v) is 5.54. The van der Waals surface area contributed by atoms with Crippen LogP contribution in [0.15, 0.2) is 18.2 Å². The van der Waals surface area contributed by atoms with Gasteiger partial charge in [-0.3, -0.25) is 10.1 Å². The molecule has 0 radical (unpaired) electrons. The standard InChI is InChI=1S/C11H15ClN2O2/c1-3-10(13)7(2)9-5-4-8(12)6-11(9)14(15)16/h4-7,10H,3,13H2,1-2H3. The Hall–Kier alpha value is -1.13. The molecule has 0 spiro atoms. The Balaban J connectivity index is 3.17. The molecule has 0 aliphatic rings. The second kappa shape index (κ2) is 5.27. The first kappa shape index (κ1) is 12.9. The van der Waals surface area contributed by atoms with E-state index >= 15 is 0 Å². The molecule has 0 amide bonds. The van der Waals surface area contributed by atoms with Gasteiger partial charge in [0.15, 0.2) is 0 Å². The third kappa shape index (κ3) is 2.71. The van der Waals surface area contributed by atoms with E-state index in [1.165, 1.54) is 6.07 Å². The Morgan fingerprint density at radius 3 is 2.69 bits per heavy atom. The third-order valence-corrected chi connectivity index (χ3v) is 3.03. The molecule has 2 unspecified atom stereocenters. The molecule has 1 rings (SSSR count). The van der Waals surface area contributed by atoms with Crippen molar-refractivity contribution in [2.45, 2.75) is 32.2 Å². The smallest absolute Gasteiger partial charge is 0.274 e. The summed E-state index contributed by atoms with van der Waals surface area (Å²) >= 11 is 5.74. The number of nitro groups is 1. The van der Waals surface area contributed by atoms with E-state index in [1.54, 1.807) is 12.1 Å². The average molecular weight is 243 g/mol. The van der Waals surface area contributed by atoms with Crippen molar-refractivity contribution in [3.8, 4) is 0 Å². The first-order chi connectivity index (χ1) is 7.47. The summed E-state index contributed by atoms with van der Waals surface area (Å²) in [7, 11) is 0. The number of hydrogen-bond donors (Lipinski definition) is 1. The summed E-state index contributed by atoms with van der Waals surface area (Å²) in [5.41, 5.74) is 6.59. The van der Waals surface area contributed by atoms with Crippen molar-refractivity contribution in [1.82, 2.24) is 0 Å². The molecule has 0 fully saturated rings. The predicted octanol–water partition coefficient (Wildman–Crippen LogP) is 3.09. The molecule has 88 valence electrons. The maximum atomic E-state index is 10.9. The number of hydrogen-bond acceptors (Lipinski definition) is 3. The van der Waals surface area contributed by atoms with E-state index in [1.807, 2.05) is 13.8 Å². The molecule has 0 saturated heterocycles.